The fraction of sp³-hybridized carbons (Fsp3) is 0.250. The molecule has 0 amide bonds. The van der Waals surface area contributed by atoms with Crippen LogP contribution in [0, 0.1) is 0 Å². The molecule has 2 N–H and O–H groups in total. The van der Waals surface area contributed by atoms with Gasteiger partial charge in [0.15, 0.2) is 0 Å². The molecule has 0 radical (unpaired) electrons. The van der Waals surface area contributed by atoms with Gasteiger partial charge in [0.05, 0.1) is 5.39 Å². The highest BCUT2D eigenvalue weighted by atomic mass is 32.1. The second-order valence-electron chi connectivity index (χ2n) is 5.24. The molecular formula is C16H15N3OS. The summed E-state index contributed by atoms with van der Waals surface area (Å²) in [5.74, 6) is 1.41. The molecule has 1 aliphatic carbocycles. The third kappa shape index (κ3) is 2.23. The monoisotopic (exact) mass is 297 g/mol. The van der Waals surface area contributed by atoms with Gasteiger partial charge in [0, 0.05) is 10.6 Å². The highest BCUT2D eigenvalue weighted by Crippen LogP contribution is 2.40. The zero-order chi connectivity index (χ0) is 14.2. The van der Waals surface area contributed by atoms with E-state index in [1.54, 1.807) is 17.7 Å². The van der Waals surface area contributed by atoms with E-state index in [1.807, 2.05) is 24.3 Å². The van der Waals surface area contributed by atoms with Crippen molar-refractivity contribution in [2.24, 2.45) is 0 Å². The lowest BCUT2D eigenvalue weighted by atomic mass is 9.97. The van der Waals surface area contributed by atoms with Crippen molar-refractivity contribution in [2.75, 3.05) is 5.73 Å². The number of nitrogens with zero attached hydrogens (tertiary/aromatic N) is 2. The van der Waals surface area contributed by atoms with Crippen molar-refractivity contribution in [1.29, 1.82) is 0 Å². The van der Waals surface area contributed by atoms with Crippen LogP contribution in [0.5, 0.6) is 11.6 Å². The van der Waals surface area contributed by atoms with Gasteiger partial charge in [-0.3, -0.25) is 0 Å². The second-order valence-corrected chi connectivity index (χ2v) is 6.32. The maximum atomic E-state index is 5.97. The van der Waals surface area contributed by atoms with Crippen LogP contribution in [0.15, 0.2) is 30.6 Å². The SMILES string of the molecule is Nc1ccc(Oc2ncnc3sc4c(c23)CCCC4)cc1. The van der Waals surface area contributed by atoms with Crippen molar-refractivity contribution < 1.29 is 4.74 Å². The molecule has 0 atom stereocenters. The van der Waals surface area contributed by atoms with Crippen LogP contribution in [0.4, 0.5) is 5.69 Å². The van der Waals surface area contributed by atoms with E-state index in [1.165, 1.54) is 23.3 Å². The number of aromatic nitrogens is 2. The Morgan fingerprint density at radius 1 is 1.05 bits per heavy atom. The first kappa shape index (κ1) is 12.6. The molecule has 3 aromatic rings. The van der Waals surface area contributed by atoms with E-state index in [0.717, 1.165) is 34.5 Å². The summed E-state index contributed by atoms with van der Waals surface area (Å²) in [5.41, 5.74) is 7.81. The Bertz CT molecular complexity index is 795. The van der Waals surface area contributed by atoms with E-state index < -0.39 is 0 Å². The molecule has 0 fully saturated rings. The average molecular weight is 297 g/mol. The number of fused-ring (bicyclic) bond motifs is 3. The molecule has 1 aromatic carbocycles. The third-order valence-electron chi connectivity index (χ3n) is 3.81. The van der Waals surface area contributed by atoms with Crippen LogP contribution in [0.25, 0.3) is 10.2 Å². The molecule has 1 aliphatic rings. The van der Waals surface area contributed by atoms with Crippen molar-refractivity contribution in [3.8, 4) is 11.6 Å². The number of hydrogen-bond acceptors (Lipinski definition) is 5. The zero-order valence-corrected chi connectivity index (χ0v) is 12.3. The number of hydrogen-bond donors (Lipinski definition) is 1. The third-order valence-corrected chi connectivity index (χ3v) is 5.01. The molecule has 0 saturated heterocycles. The Kier molecular flexibility index (Phi) is 3.00. The quantitative estimate of drug-likeness (QED) is 0.728. The summed E-state index contributed by atoms with van der Waals surface area (Å²) in [6, 6.07) is 7.39. The first-order valence-corrected chi connectivity index (χ1v) is 7.91. The molecule has 4 nitrogen and oxygen atoms in total. The normalized spacial score (nSPS) is 14.1. The number of nitrogens with two attached hydrogens (primary N) is 1. The largest absolute Gasteiger partial charge is 0.438 e. The Balaban J connectivity index is 1.81. The smallest absolute Gasteiger partial charge is 0.231 e. The van der Waals surface area contributed by atoms with E-state index in [-0.39, 0.29) is 0 Å². The standard InChI is InChI=1S/C16H15N3OS/c17-10-5-7-11(8-6-10)20-15-14-12-3-1-2-4-13(12)21-16(14)19-9-18-15/h5-9H,1-4,17H2. The Morgan fingerprint density at radius 2 is 1.86 bits per heavy atom. The maximum absolute atomic E-state index is 5.97. The molecule has 2 heterocycles. The first-order valence-electron chi connectivity index (χ1n) is 7.10. The summed E-state index contributed by atoms with van der Waals surface area (Å²) in [6.07, 6.45) is 6.33. The van der Waals surface area contributed by atoms with Crippen LogP contribution in [-0.4, -0.2) is 9.97 Å². The van der Waals surface area contributed by atoms with Crippen LogP contribution in [-0.2, 0) is 12.8 Å². The predicted octanol–water partition coefficient (Wildman–Crippen LogP) is 3.94. The van der Waals surface area contributed by atoms with Crippen LogP contribution in [0.1, 0.15) is 23.3 Å². The maximum Gasteiger partial charge on any atom is 0.231 e. The molecule has 21 heavy (non-hydrogen) atoms. The van der Waals surface area contributed by atoms with Crippen LogP contribution >= 0.6 is 11.3 Å². The van der Waals surface area contributed by atoms with Gasteiger partial charge in [0.2, 0.25) is 5.88 Å². The summed E-state index contributed by atoms with van der Waals surface area (Å²) in [5, 5.41) is 1.09. The Hall–Kier alpha value is -2.14. The number of aryl methyl sites for hydroxylation is 2. The lowest BCUT2D eigenvalue weighted by Gasteiger charge is -2.12. The number of rotatable bonds is 2. The number of benzene rings is 1. The lowest BCUT2D eigenvalue weighted by Crippen LogP contribution is -1.99. The van der Waals surface area contributed by atoms with Crippen LogP contribution in [0.2, 0.25) is 0 Å². The van der Waals surface area contributed by atoms with E-state index in [0.29, 0.717) is 5.88 Å². The van der Waals surface area contributed by atoms with Gasteiger partial charge in [-0.25, -0.2) is 9.97 Å². The van der Waals surface area contributed by atoms with E-state index >= 15 is 0 Å². The minimum Gasteiger partial charge on any atom is -0.438 e. The summed E-state index contributed by atoms with van der Waals surface area (Å²) < 4.78 is 5.97. The van der Waals surface area contributed by atoms with Gasteiger partial charge < -0.3 is 10.5 Å². The van der Waals surface area contributed by atoms with Gasteiger partial charge in [-0.1, -0.05) is 0 Å². The average Bonchev–Trinajstić information content (AvgIpc) is 2.89. The number of thiophene rings is 1. The van der Waals surface area contributed by atoms with Gasteiger partial charge in [-0.05, 0) is 55.5 Å². The van der Waals surface area contributed by atoms with Gasteiger partial charge in [-0.2, -0.15) is 0 Å². The molecule has 4 rings (SSSR count). The molecule has 2 aromatic heterocycles. The minimum atomic E-state index is 0.657. The van der Waals surface area contributed by atoms with E-state index in [2.05, 4.69) is 9.97 Å². The fourth-order valence-electron chi connectivity index (χ4n) is 2.79. The Morgan fingerprint density at radius 3 is 2.71 bits per heavy atom. The van der Waals surface area contributed by atoms with Crippen molar-refractivity contribution >= 4 is 27.2 Å². The van der Waals surface area contributed by atoms with Crippen molar-refractivity contribution in [3.63, 3.8) is 0 Å². The Labute approximate surface area is 126 Å². The zero-order valence-electron chi connectivity index (χ0n) is 11.5. The summed E-state index contributed by atoms with van der Waals surface area (Å²) in [4.78, 5) is 11.2. The molecule has 106 valence electrons. The fourth-order valence-corrected chi connectivity index (χ4v) is 4.01. The number of ether oxygens (including phenoxy) is 1. The van der Waals surface area contributed by atoms with Crippen molar-refractivity contribution in [2.45, 2.75) is 25.7 Å². The van der Waals surface area contributed by atoms with Crippen molar-refractivity contribution in [3.05, 3.63) is 41.0 Å². The molecule has 5 heteroatoms. The summed E-state index contributed by atoms with van der Waals surface area (Å²) in [6.45, 7) is 0. The van der Waals surface area contributed by atoms with Gasteiger partial charge >= 0.3 is 0 Å². The molecular weight excluding hydrogens is 282 g/mol. The highest BCUT2D eigenvalue weighted by molar-refractivity contribution is 7.18. The van der Waals surface area contributed by atoms with Crippen molar-refractivity contribution in [1.82, 2.24) is 9.97 Å². The van der Waals surface area contributed by atoms with E-state index in [4.69, 9.17) is 10.5 Å². The molecule has 0 saturated carbocycles. The van der Waals surface area contributed by atoms with E-state index in [9.17, 15) is 0 Å². The second kappa shape index (κ2) is 5.00. The predicted molar refractivity (Wildman–Crippen MR) is 85.0 cm³/mol. The lowest BCUT2D eigenvalue weighted by molar-refractivity contribution is 0.468. The van der Waals surface area contributed by atoms with Gasteiger partial charge in [-0.15, -0.1) is 11.3 Å². The topological polar surface area (TPSA) is 61.0 Å². The molecule has 0 aliphatic heterocycles. The summed E-state index contributed by atoms with van der Waals surface area (Å²) >= 11 is 1.78. The minimum absolute atomic E-state index is 0.657. The molecule has 0 unspecified atom stereocenters. The number of anilines is 1. The first-order chi connectivity index (χ1) is 10.3. The highest BCUT2D eigenvalue weighted by Gasteiger charge is 2.20. The van der Waals surface area contributed by atoms with Gasteiger partial charge in [0.1, 0.15) is 16.9 Å². The molecule has 0 spiro atoms. The number of nitrogen functional groups attached to an aromatic ring is 1. The summed E-state index contributed by atoms with van der Waals surface area (Å²) in [7, 11) is 0. The van der Waals surface area contributed by atoms with Crippen LogP contribution in [0.3, 0.4) is 0 Å². The van der Waals surface area contributed by atoms with Crippen LogP contribution < -0.4 is 10.5 Å². The molecule has 0 bridgehead atoms. The van der Waals surface area contributed by atoms with Gasteiger partial charge in [0.25, 0.3) is 0 Å².